The monoisotopic (exact) mass is 361 g/mol. The molecule has 3 rings (SSSR count). The first kappa shape index (κ1) is 19.1. The van der Waals surface area contributed by atoms with Gasteiger partial charge < -0.3 is 15.1 Å². The minimum absolute atomic E-state index is 0.0620. The predicted octanol–water partition coefficient (Wildman–Crippen LogP) is 4.07. The van der Waals surface area contributed by atoms with E-state index >= 15 is 0 Å². The van der Waals surface area contributed by atoms with Crippen LogP contribution in [0.5, 0.6) is 0 Å². The molecule has 140 valence electrons. The Morgan fingerprint density at radius 2 is 2.04 bits per heavy atom. The Kier molecular flexibility index (Phi) is 5.46. The first-order valence-corrected chi connectivity index (χ1v) is 10.4. The molecule has 1 aromatic heterocycles. The number of hydrogen-bond donors (Lipinski definition) is 1. The zero-order valence-electron chi connectivity index (χ0n) is 16.9. The summed E-state index contributed by atoms with van der Waals surface area (Å²) >= 11 is 1.98. The Labute approximate surface area is 158 Å². The summed E-state index contributed by atoms with van der Waals surface area (Å²) in [5.74, 6) is 0.836. The summed E-state index contributed by atoms with van der Waals surface area (Å²) in [6.45, 7) is 14.0. The van der Waals surface area contributed by atoms with Gasteiger partial charge in [0, 0.05) is 40.5 Å². The van der Waals surface area contributed by atoms with Crippen molar-refractivity contribution in [3.63, 3.8) is 0 Å². The molecule has 1 saturated heterocycles. The normalized spacial score (nSPS) is 26.2. The Hall–Kier alpha value is -0.680. The molecule has 3 nitrogen and oxygen atoms in total. The van der Waals surface area contributed by atoms with Crippen LogP contribution >= 0.6 is 11.3 Å². The molecule has 0 aliphatic carbocycles. The van der Waals surface area contributed by atoms with Crippen LogP contribution < -0.4 is 5.32 Å². The third kappa shape index (κ3) is 5.16. The van der Waals surface area contributed by atoms with Gasteiger partial charge in [-0.1, -0.05) is 6.08 Å². The summed E-state index contributed by atoms with van der Waals surface area (Å²) in [5, 5.41) is 3.73. The van der Waals surface area contributed by atoms with Crippen LogP contribution in [0, 0.1) is 5.92 Å². The average Bonchev–Trinajstić information content (AvgIpc) is 3.04. The molecular formula is C21H35N3S. The summed E-state index contributed by atoms with van der Waals surface area (Å²) in [6, 6.07) is 4.67. The van der Waals surface area contributed by atoms with Gasteiger partial charge >= 0.3 is 0 Å². The number of thiophene rings is 1. The topological polar surface area (TPSA) is 18.5 Å². The van der Waals surface area contributed by atoms with Gasteiger partial charge in [-0.3, -0.25) is 0 Å². The van der Waals surface area contributed by atoms with Crippen molar-refractivity contribution < 1.29 is 0 Å². The maximum absolute atomic E-state index is 3.73. The van der Waals surface area contributed by atoms with Crippen LogP contribution in [0.2, 0.25) is 0 Å². The molecule has 2 aliphatic heterocycles. The summed E-state index contributed by atoms with van der Waals surface area (Å²) in [6.07, 6.45) is 4.87. The number of likely N-dealkylation sites (tertiary alicyclic amines) is 1. The van der Waals surface area contributed by atoms with Crippen molar-refractivity contribution in [3.05, 3.63) is 28.0 Å². The van der Waals surface area contributed by atoms with Gasteiger partial charge in [0.15, 0.2) is 0 Å². The third-order valence-corrected chi connectivity index (χ3v) is 6.44. The van der Waals surface area contributed by atoms with E-state index in [-0.39, 0.29) is 11.1 Å². The van der Waals surface area contributed by atoms with Crippen LogP contribution in [-0.2, 0) is 6.54 Å². The van der Waals surface area contributed by atoms with Crippen LogP contribution in [0.3, 0.4) is 0 Å². The molecule has 1 aromatic rings. The highest BCUT2D eigenvalue weighted by molar-refractivity contribution is 7.13. The van der Waals surface area contributed by atoms with E-state index in [0.29, 0.717) is 0 Å². The van der Waals surface area contributed by atoms with Gasteiger partial charge in [-0.15, -0.1) is 11.3 Å². The number of rotatable bonds is 5. The van der Waals surface area contributed by atoms with Crippen LogP contribution in [0.15, 0.2) is 18.2 Å². The third-order valence-electron chi connectivity index (χ3n) is 5.29. The molecule has 0 spiro atoms. The van der Waals surface area contributed by atoms with Crippen molar-refractivity contribution in [2.75, 3.05) is 33.7 Å². The van der Waals surface area contributed by atoms with Crippen LogP contribution in [0.1, 0.15) is 50.3 Å². The highest BCUT2D eigenvalue weighted by Crippen LogP contribution is 2.36. The van der Waals surface area contributed by atoms with Crippen molar-refractivity contribution in [1.29, 1.82) is 0 Å². The molecule has 4 heteroatoms. The van der Waals surface area contributed by atoms with E-state index in [9.17, 15) is 0 Å². The summed E-state index contributed by atoms with van der Waals surface area (Å²) in [4.78, 5) is 7.89. The Morgan fingerprint density at radius 1 is 1.28 bits per heavy atom. The highest BCUT2D eigenvalue weighted by atomic mass is 32.1. The van der Waals surface area contributed by atoms with E-state index in [1.807, 2.05) is 11.3 Å². The fraction of sp³-hybridized carbons (Fsp3) is 0.714. The quantitative estimate of drug-likeness (QED) is 0.853. The largest absolute Gasteiger partial charge is 0.306 e. The fourth-order valence-corrected chi connectivity index (χ4v) is 5.76. The van der Waals surface area contributed by atoms with Crippen molar-refractivity contribution in [1.82, 2.24) is 15.1 Å². The average molecular weight is 362 g/mol. The SMILES string of the molecule is CN1CC[C@H](CN(C)Cc2ccc(C3=CC(C)(C)NC(C)(C)C3)s2)C1. The molecule has 1 atom stereocenters. The van der Waals surface area contributed by atoms with Crippen LogP contribution in [0.25, 0.3) is 5.57 Å². The Morgan fingerprint density at radius 3 is 2.68 bits per heavy atom. The first-order chi connectivity index (χ1) is 11.6. The molecular weight excluding hydrogens is 326 g/mol. The zero-order chi connectivity index (χ0) is 18.2. The second-order valence-corrected chi connectivity index (χ2v) is 10.6. The molecule has 0 bridgehead atoms. The van der Waals surface area contributed by atoms with E-state index in [4.69, 9.17) is 0 Å². The van der Waals surface area contributed by atoms with E-state index in [1.54, 1.807) is 0 Å². The second-order valence-electron chi connectivity index (χ2n) is 9.46. The maximum atomic E-state index is 3.73. The lowest BCUT2D eigenvalue weighted by Crippen LogP contribution is -2.53. The van der Waals surface area contributed by atoms with Crippen molar-refractivity contribution in [2.45, 2.75) is 58.2 Å². The minimum Gasteiger partial charge on any atom is -0.306 e. The fourth-order valence-electron chi connectivity index (χ4n) is 4.66. The molecule has 25 heavy (non-hydrogen) atoms. The standard InChI is InChI=1S/C21H35N3S/c1-20(2)11-17(12-21(3,4)22-20)19-8-7-18(25-19)15-24(6)14-16-9-10-23(5)13-16/h7-8,11,16,22H,9-10,12-15H2,1-6H3/t16-/m0/s1. The van der Waals surface area contributed by atoms with Gasteiger partial charge in [0.2, 0.25) is 0 Å². The second kappa shape index (κ2) is 7.15. The lowest BCUT2D eigenvalue weighted by atomic mass is 9.83. The van der Waals surface area contributed by atoms with Crippen LogP contribution in [0.4, 0.5) is 0 Å². The van der Waals surface area contributed by atoms with E-state index < -0.39 is 0 Å². The highest BCUT2D eigenvalue weighted by Gasteiger charge is 2.32. The van der Waals surface area contributed by atoms with Gasteiger partial charge in [0.1, 0.15) is 0 Å². The number of nitrogens with one attached hydrogen (secondary N) is 1. The molecule has 1 N–H and O–H groups in total. The van der Waals surface area contributed by atoms with Crippen molar-refractivity contribution in [3.8, 4) is 0 Å². The molecule has 0 radical (unpaired) electrons. The lowest BCUT2D eigenvalue weighted by molar-refractivity contribution is 0.269. The van der Waals surface area contributed by atoms with Crippen molar-refractivity contribution >= 4 is 16.9 Å². The molecule has 2 aliphatic rings. The van der Waals surface area contributed by atoms with E-state index in [1.165, 1.54) is 41.4 Å². The first-order valence-electron chi connectivity index (χ1n) is 9.59. The van der Waals surface area contributed by atoms with Gasteiger partial charge in [-0.05, 0) is 84.8 Å². The molecule has 0 unspecified atom stereocenters. The van der Waals surface area contributed by atoms with Gasteiger partial charge in [0.05, 0.1) is 0 Å². The van der Waals surface area contributed by atoms with E-state index in [2.05, 4.69) is 75.1 Å². The van der Waals surface area contributed by atoms with Crippen molar-refractivity contribution in [2.24, 2.45) is 5.92 Å². The molecule has 1 fully saturated rings. The smallest absolute Gasteiger partial charge is 0.0325 e. The van der Waals surface area contributed by atoms with Gasteiger partial charge in [-0.25, -0.2) is 0 Å². The van der Waals surface area contributed by atoms with Gasteiger partial charge in [-0.2, -0.15) is 0 Å². The van der Waals surface area contributed by atoms with Crippen LogP contribution in [-0.4, -0.2) is 54.6 Å². The summed E-state index contributed by atoms with van der Waals surface area (Å²) in [5.41, 5.74) is 1.72. The Balaban J connectivity index is 1.63. The number of hydrogen-bond acceptors (Lipinski definition) is 4. The number of nitrogens with zero attached hydrogens (tertiary/aromatic N) is 2. The minimum atomic E-state index is 0.0620. The Bertz CT molecular complexity index is 629. The molecule has 0 saturated carbocycles. The lowest BCUT2D eigenvalue weighted by Gasteiger charge is -2.41. The van der Waals surface area contributed by atoms with Gasteiger partial charge in [0.25, 0.3) is 0 Å². The molecule has 3 heterocycles. The zero-order valence-corrected chi connectivity index (χ0v) is 17.7. The molecule has 0 amide bonds. The molecule has 0 aromatic carbocycles. The summed E-state index contributed by atoms with van der Waals surface area (Å²) < 4.78 is 0. The summed E-state index contributed by atoms with van der Waals surface area (Å²) in [7, 11) is 4.51. The maximum Gasteiger partial charge on any atom is 0.0325 e. The van der Waals surface area contributed by atoms with E-state index in [0.717, 1.165) is 18.9 Å². The predicted molar refractivity (Wildman–Crippen MR) is 110 cm³/mol.